The van der Waals surface area contributed by atoms with Gasteiger partial charge in [-0.1, -0.05) is 19.1 Å². The summed E-state index contributed by atoms with van der Waals surface area (Å²) in [6.07, 6.45) is 3.73. The zero-order valence-electron chi connectivity index (χ0n) is 11.0. The predicted molar refractivity (Wildman–Crippen MR) is 69.4 cm³/mol. The molecule has 1 aliphatic rings. The van der Waals surface area contributed by atoms with E-state index >= 15 is 0 Å². The Morgan fingerprint density at radius 2 is 1.83 bits per heavy atom. The molecule has 0 atom stereocenters. The molecule has 18 heavy (non-hydrogen) atoms. The molecular weight excluding hydrogens is 228 g/mol. The Hall–Kier alpha value is -1.51. The van der Waals surface area contributed by atoms with E-state index in [1.165, 1.54) is 12.7 Å². The third kappa shape index (κ3) is 2.50. The van der Waals surface area contributed by atoms with Gasteiger partial charge >= 0.3 is 5.97 Å². The van der Waals surface area contributed by atoms with E-state index in [0.29, 0.717) is 5.75 Å². The molecule has 0 saturated heterocycles. The molecule has 0 aliphatic heterocycles. The number of benzene rings is 1. The van der Waals surface area contributed by atoms with Crippen molar-refractivity contribution in [3.8, 4) is 5.75 Å². The highest BCUT2D eigenvalue weighted by Gasteiger charge is 2.35. The Labute approximate surface area is 108 Å². The molecule has 1 aliphatic carbocycles. The zero-order chi connectivity index (χ0) is 13.2. The van der Waals surface area contributed by atoms with Crippen LogP contribution < -0.4 is 0 Å². The lowest BCUT2D eigenvalue weighted by Crippen LogP contribution is -2.31. The first-order valence-electron chi connectivity index (χ1n) is 6.42. The van der Waals surface area contributed by atoms with Crippen LogP contribution in [-0.2, 0) is 14.9 Å². The smallest absolute Gasteiger partial charge is 0.308 e. The van der Waals surface area contributed by atoms with Gasteiger partial charge in [-0.3, -0.25) is 4.79 Å². The second-order valence-corrected chi connectivity index (χ2v) is 5.40. The molecule has 0 radical (unpaired) electrons. The van der Waals surface area contributed by atoms with Crippen LogP contribution in [-0.4, -0.2) is 18.2 Å². The van der Waals surface area contributed by atoms with Gasteiger partial charge in [0.15, 0.2) is 0 Å². The fraction of sp³-hybridized carbons (Fsp3) is 0.533. The molecule has 0 spiro atoms. The van der Waals surface area contributed by atoms with Gasteiger partial charge in [-0.2, -0.15) is 0 Å². The minimum atomic E-state index is -0.0808. The Bertz CT molecular complexity index is 414. The molecule has 3 nitrogen and oxygen atoms in total. The molecule has 1 saturated carbocycles. The van der Waals surface area contributed by atoms with Crippen LogP contribution in [0.3, 0.4) is 0 Å². The highest BCUT2D eigenvalue weighted by molar-refractivity contribution is 5.72. The number of phenolic OH excluding ortho intramolecular Hbond substituents is 1. The minimum Gasteiger partial charge on any atom is -0.508 e. The molecule has 0 unspecified atom stereocenters. The van der Waals surface area contributed by atoms with E-state index in [9.17, 15) is 9.90 Å². The summed E-state index contributed by atoms with van der Waals surface area (Å²) in [5.74, 6) is 0.272. The summed E-state index contributed by atoms with van der Waals surface area (Å²) in [6.45, 7) is 2.23. The fourth-order valence-electron chi connectivity index (χ4n) is 2.81. The molecule has 3 heteroatoms. The van der Waals surface area contributed by atoms with E-state index in [0.717, 1.165) is 25.7 Å². The fourth-order valence-corrected chi connectivity index (χ4v) is 2.81. The number of methoxy groups -OCH3 is 1. The second kappa shape index (κ2) is 5.01. The van der Waals surface area contributed by atoms with Crippen LogP contribution >= 0.6 is 0 Å². The molecule has 1 aromatic carbocycles. The average Bonchev–Trinajstić information content (AvgIpc) is 2.39. The largest absolute Gasteiger partial charge is 0.508 e. The third-order valence-corrected chi connectivity index (χ3v) is 4.19. The second-order valence-electron chi connectivity index (χ2n) is 5.40. The quantitative estimate of drug-likeness (QED) is 0.818. The Balaban J connectivity index is 2.07. The van der Waals surface area contributed by atoms with Crippen molar-refractivity contribution in [1.82, 2.24) is 0 Å². The maximum atomic E-state index is 11.5. The normalized spacial score (nSPS) is 27.8. The molecule has 0 aromatic heterocycles. The van der Waals surface area contributed by atoms with Crippen LogP contribution in [0.15, 0.2) is 24.3 Å². The summed E-state index contributed by atoms with van der Waals surface area (Å²) in [5.41, 5.74) is 1.35. The van der Waals surface area contributed by atoms with Crippen molar-refractivity contribution in [1.29, 1.82) is 0 Å². The molecular formula is C15H20O3. The monoisotopic (exact) mass is 248 g/mol. The van der Waals surface area contributed by atoms with Gasteiger partial charge in [0.2, 0.25) is 0 Å². The molecule has 1 N–H and O–H groups in total. The van der Waals surface area contributed by atoms with Gasteiger partial charge in [-0.25, -0.2) is 0 Å². The highest BCUT2D eigenvalue weighted by Crippen LogP contribution is 2.41. The van der Waals surface area contributed by atoms with E-state index in [4.69, 9.17) is 4.74 Å². The van der Waals surface area contributed by atoms with Crippen molar-refractivity contribution in [2.75, 3.05) is 7.11 Å². The Morgan fingerprint density at radius 3 is 2.33 bits per heavy atom. The number of aromatic hydroxyl groups is 1. The number of phenols is 1. The predicted octanol–water partition coefficient (Wildman–Crippen LogP) is 3.01. The van der Waals surface area contributed by atoms with Crippen molar-refractivity contribution in [2.24, 2.45) is 5.92 Å². The van der Waals surface area contributed by atoms with Crippen LogP contribution in [0, 0.1) is 5.92 Å². The summed E-state index contributed by atoms with van der Waals surface area (Å²) in [5, 5.41) is 9.32. The van der Waals surface area contributed by atoms with Gasteiger partial charge in [0, 0.05) is 0 Å². The van der Waals surface area contributed by atoms with Crippen LogP contribution in [0.5, 0.6) is 5.75 Å². The lowest BCUT2D eigenvalue weighted by molar-refractivity contribution is -0.146. The van der Waals surface area contributed by atoms with Crippen LogP contribution in [0.1, 0.15) is 38.2 Å². The first-order chi connectivity index (χ1) is 8.55. The summed E-state index contributed by atoms with van der Waals surface area (Å²) in [4.78, 5) is 11.5. The molecule has 98 valence electrons. The highest BCUT2D eigenvalue weighted by atomic mass is 16.5. The van der Waals surface area contributed by atoms with Crippen molar-refractivity contribution in [3.63, 3.8) is 0 Å². The molecule has 0 heterocycles. The molecule has 2 rings (SSSR count). The summed E-state index contributed by atoms with van der Waals surface area (Å²) in [7, 11) is 1.45. The lowest BCUT2D eigenvalue weighted by atomic mass is 9.68. The van der Waals surface area contributed by atoms with E-state index in [1.54, 1.807) is 12.1 Å². The van der Waals surface area contributed by atoms with Gasteiger partial charge in [0.25, 0.3) is 0 Å². The van der Waals surface area contributed by atoms with Crippen LogP contribution in [0.4, 0.5) is 0 Å². The maximum Gasteiger partial charge on any atom is 0.308 e. The van der Waals surface area contributed by atoms with Gasteiger partial charge in [0.05, 0.1) is 13.0 Å². The number of carbonyl (C=O) groups excluding carboxylic acids is 1. The molecule has 1 fully saturated rings. The molecule has 0 bridgehead atoms. The number of rotatable bonds is 2. The van der Waals surface area contributed by atoms with Gasteiger partial charge in [0.1, 0.15) is 5.75 Å². The van der Waals surface area contributed by atoms with Gasteiger partial charge < -0.3 is 9.84 Å². The summed E-state index contributed by atoms with van der Waals surface area (Å²) >= 11 is 0. The van der Waals surface area contributed by atoms with Gasteiger partial charge in [-0.05, 0) is 48.8 Å². The van der Waals surface area contributed by atoms with E-state index in [2.05, 4.69) is 6.92 Å². The zero-order valence-corrected chi connectivity index (χ0v) is 11.0. The lowest BCUT2D eigenvalue weighted by Gasteiger charge is -2.37. The van der Waals surface area contributed by atoms with Crippen molar-refractivity contribution in [2.45, 2.75) is 38.0 Å². The summed E-state index contributed by atoms with van der Waals surface area (Å²) < 4.78 is 4.81. The number of ether oxygens (including phenoxy) is 1. The Morgan fingerprint density at radius 1 is 1.28 bits per heavy atom. The standard InChI is InChI=1S/C15H20O3/c1-15(12-3-5-13(16)6-4-12)9-7-11(8-10-15)14(17)18-2/h3-6,11,16H,7-10H2,1-2H3. The first kappa shape index (κ1) is 12.9. The van der Waals surface area contributed by atoms with Crippen molar-refractivity contribution in [3.05, 3.63) is 29.8 Å². The van der Waals surface area contributed by atoms with E-state index in [1.807, 2.05) is 12.1 Å². The number of esters is 1. The van der Waals surface area contributed by atoms with Crippen molar-refractivity contribution < 1.29 is 14.6 Å². The number of hydrogen-bond donors (Lipinski definition) is 1. The summed E-state index contributed by atoms with van der Waals surface area (Å²) in [6, 6.07) is 7.42. The Kier molecular flexibility index (Phi) is 3.60. The third-order valence-electron chi connectivity index (χ3n) is 4.19. The van der Waals surface area contributed by atoms with Crippen LogP contribution in [0.2, 0.25) is 0 Å². The number of carbonyl (C=O) groups is 1. The van der Waals surface area contributed by atoms with E-state index < -0.39 is 0 Å². The molecule has 0 amide bonds. The topological polar surface area (TPSA) is 46.5 Å². The van der Waals surface area contributed by atoms with Gasteiger partial charge in [-0.15, -0.1) is 0 Å². The average molecular weight is 248 g/mol. The van der Waals surface area contributed by atoms with Crippen molar-refractivity contribution >= 4 is 5.97 Å². The van der Waals surface area contributed by atoms with Crippen LogP contribution in [0.25, 0.3) is 0 Å². The minimum absolute atomic E-state index is 0.0557. The van der Waals surface area contributed by atoms with E-state index in [-0.39, 0.29) is 17.3 Å². The molecule has 1 aromatic rings. The first-order valence-corrected chi connectivity index (χ1v) is 6.42. The number of hydrogen-bond acceptors (Lipinski definition) is 3. The SMILES string of the molecule is COC(=O)C1CCC(C)(c2ccc(O)cc2)CC1. The maximum absolute atomic E-state index is 11.5.